The summed E-state index contributed by atoms with van der Waals surface area (Å²) >= 11 is 0. The van der Waals surface area contributed by atoms with E-state index in [2.05, 4.69) is 0 Å². The van der Waals surface area contributed by atoms with E-state index in [0.29, 0.717) is 5.92 Å². The fourth-order valence-electron chi connectivity index (χ4n) is 3.24. The molecular formula is C14H27NO2. The first-order valence-electron chi connectivity index (χ1n) is 7.26. The second kappa shape index (κ2) is 6.17. The van der Waals surface area contributed by atoms with Crippen LogP contribution in [0, 0.1) is 5.92 Å². The molecule has 0 radical (unpaired) electrons. The second-order valence-electron chi connectivity index (χ2n) is 5.94. The predicted octanol–water partition coefficient (Wildman–Crippen LogP) is 2.22. The number of nitrogens with two attached hydrogens (primary N) is 1. The minimum absolute atomic E-state index is 0.0627. The van der Waals surface area contributed by atoms with E-state index < -0.39 is 5.60 Å². The summed E-state index contributed by atoms with van der Waals surface area (Å²) in [6.45, 7) is 1.71. The van der Waals surface area contributed by atoms with Crippen molar-refractivity contribution in [1.82, 2.24) is 0 Å². The van der Waals surface area contributed by atoms with Crippen LogP contribution in [0.3, 0.4) is 0 Å². The minimum atomic E-state index is -0.608. The zero-order chi connectivity index (χ0) is 12.1. The van der Waals surface area contributed by atoms with Gasteiger partial charge in [0.2, 0.25) is 0 Å². The first-order valence-corrected chi connectivity index (χ1v) is 7.26. The highest BCUT2D eigenvalue weighted by Gasteiger charge is 2.35. The maximum atomic E-state index is 10.7. The average molecular weight is 241 g/mol. The van der Waals surface area contributed by atoms with Crippen molar-refractivity contribution >= 4 is 0 Å². The Balaban J connectivity index is 1.86. The van der Waals surface area contributed by atoms with Crippen LogP contribution in [0.5, 0.6) is 0 Å². The molecule has 1 aliphatic heterocycles. The zero-order valence-corrected chi connectivity index (χ0v) is 10.9. The quantitative estimate of drug-likeness (QED) is 0.796. The van der Waals surface area contributed by atoms with Crippen LogP contribution < -0.4 is 5.73 Å². The molecule has 0 spiro atoms. The molecule has 0 aromatic heterocycles. The van der Waals surface area contributed by atoms with Crippen LogP contribution in [0.2, 0.25) is 0 Å². The number of aliphatic hydroxyl groups is 1. The van der Waals surface area contributed by atoms with E-state index in [1.54, 1.807) is 0 Å². The topological polar surface area (TPSA) is 55.5 Å². The van der Waals surface area contributed by atoms with Gasteiger partial charge < -0.3 is 15.6 Å². The number of hydrogen-bond acceptors (Lipinski definition) is 3. The van der Waals surface area contributed by atoms with Gasteiger partial charge in [-0.1, -0.05) is 32.1 Å². The fraction of sp³-hybridized carbons (Fsp3) is 1.00. The van der Waals surface area contributed by atoms with Gasteiger partial charge >= 0.3 is 0 Å². The molecule has 2 rings (SSSR count). The lowest BCUT2D eigenvalue weighted by atomic mass is 9.78. The Kier molecular flexibility index (Phi) is 4.83. The lowest BCUT2D eigenvalue weighted by molar-refractivity contribution is -0.0168. The summed E-state index contributed by atoms with van der Waals surface area (Å²) in [7, 11) is 0. The van der Waals surface area contributed by atoms with Crippen molar-refractivity contribution in [2.75, 3.05) is 13.2 Å². The third-order valence-corrected chi connectivity index (χ3v) is 4.52. The van der Waals surface area contributed by atoms with Gasteiger partial charge in [-0.15, -0.1) is 0 Å². The summed E-state index contributed by atoms with van der Waals surface area (Å²) in [6, 6.07) is -0.0627. The third kappa shape index (κ3) is 3.67. The summed E-state index contributed by atoms with van der Waals surface area (Å²) in [6.07, 6.45) is 9.91. The molecule has 1 saturated heterocycles. The monoisotopic (exact) mass is 241 g/mol. The first-order chi connectivity index (χ1) is 8.21. The van der Waals surface area contributed by atoms with Gasteiger partial charge in [-0.2, -0.15) is 0 Å². The highest BCUT2D eigenvalue weighted by atomic mass is 16.5. The van der Waals surface area contributed by atoms with Crippen LogP contribution in [0.4, 0.5) is 0 Å². The van der Waals surface area contributed by atoms with Gasteiger partial charge in [-0.25, -0.2) is 0 Å². The van der Waals surface area contributed by atoms with Crippen molar-refractivity contribution in [3.63, 3.8) is 0 Å². The van der Waals surface area contributed by atoms with E-state index in [4.69, 9.17) is 10.5 Å². The standard InChI is InChI=1S/C14H27NO2/c15-13(10-12-6-9-17-11-12)14(16)7-4-2-1-3-5-8-14/h12-13,16H,1-11,15H2. The molecule has 17 heavy (non-hydrogen) atoms. The largest absolute Gasteiger partial charge is 0.388 e. The van der Waals surface area contributed by atoms with Crippen LogP contribution in [0.15, 0.2) is 0 Å². The van der Waals surface area contributed by atoms with Gasteiger partial charge in [0.05, 0.1) is 5.60 Å². The van der Waals surface area contributed by atoms with Gasteiger partial charge in [0.1, 0.15) is 0 Å². The third-order valence-electron chi connectivity index (χ3n) is 4.52. The van der Waals surface area contributed by atoms with Gasteiger partial charge in [-0.05, 0) is 31.6 Å². The van der Waals surface area contributed by atoms with Crippen molar-refractivity contribution in [3.05, 3.63) is 0 Å². The van der Waals surface area contributed by atoms with Crippen molar-refractivity contribution in [1.29, 1.82) is 0 Å². The predicted molar refractivity (Wildman–Crippen MR) is 68.8 cm³/mol. The Morgan fingerprint density at radius 3 is 2.41 bits per heavy atom. The lowest BCUT2D eigenvalue weighted by Gasteiger charge is -2.36. The molecule has 0 aromatic carbocycles. The number of rotatable bonds is 3. The van der Waals surface area contributed by atoms with E-state index in [0.717, 1.165) is 51.7 Å². The Morgan fingerprint density at radius 2 is 1.82 bits per heavy atom. The van der Waals surface area contributed by atoms with Crippen molar-refractivity contribution in [3.8, 4) is 0 Å². The number of hydrogen-bond donors (Lipinski definition) is 2. The molecule has 2 aliphatic rings. The maximum absolute atomic E-state index is 10.7. The van der Waals surface area contributed by atoms with Gasteiger partial charge in [0, 0.05) is 19.3 Å². The van der Waals surface area contributed by atoms with E-state index >= 15 is 0 Å². The summed E-state index contributed by atoms with van der Waals surface area (Å²) in [4.78, 5) is 0. The van der Waals surface area contributed by atoms with E-state index in [9.17, 15) is 5.11 Å². The molecule has 1 saturated carbocycles. The molecule has 0 aromatic rings. The molecule has 100 valence electrons. The van der Waals surface area contributed by atoms with Gasteiger partial charge in [0.15, 0.2) is 0 Å². The molecule has 2 atom stereocenters. The molecule has 0 amide bonds. The number of ether oxygens (including phenoxy) is 1. The Bertz CT molecular complexity index is 218. The summed E-state index contributed by atoms with van der Waals surface area (Å²) in [5, 5.41) is 10.7. The van der Waals surface area contributed by atoms with Crippen LogP contribution in [-0.2, 0) is 4.74 Å². The van der Waals surface area contributed by atoms with E-state index in [1.165, 1.54) is 19.3 Å². The molecule has 2 unspecified atom stereocenters. The average Bonchev–Trinajstić information content (AvgIpc) is 2.76. The van der Waals surface area contributed by atoms with Crippen LogP contribution in [-0.4, -0.2) is 30.0 Å². The van der Waals surface area contributed by atoms with Crippen LogP contribution in [0.1, 0.15) is 57.8 Å². The highest BCUT2D eigenvalue weighted by molar-refractivity contribution is 4.91. The lowest BCUT2D eigenvalue weighted by Crippen LogP contribution is -2.49. The fourth-order valence-corrected chi connectivity index (χ4v) is 3.24. The molecule has 2 fully saturated rings. The van der Waals surface area contributed by atoms with E-state index in [1.807, 2.05) is 0 Å². The van der Waals surface area contributed by atoms with Gasteiger partial charge in [0.25, 0.3) is 0 Å². The molecule has 3 nitrogen and oxygen atoms in total. The normalized spacial score (nSPS) is 31.8. The van der Waals surface area contributed by atoms with Crippen molar-refractivity contribution in [2.24, 2.45) is 11.7 Å². The second-order valence-corrected chi connectivity index (χ2v) is 5.94. The highest BCUT2D eigenvalue weighted by Crippen LogP contribution is 2.32. The smallest absolute Gasteiger partial charge is 0.0798 e. The molecule has 1 heterocycles. The minimum Gasteiger partial charge on any atom is -0.388 e. The molecule has 1 aliphatic carbocycles. The summed E-state index contributed by atoms with van der Waals surface area (Å²) < 4.78 is 5.39. The summed E-state index contributed by atoms with van der Waals surface area (Å²) in [5.41, 5.74) is 5.67. The molecule has 0 bridgehead atoms. The molecular weight excluding hydrogens is 214 g/mol. The van der Waals surface area contributed by atoms with Crippen LogP contribution >= 0.6 is 0 Å². The van der Waals surface area contributed by atoms with Crippen LogP contribution in [0.25, 0.3) is 0 Å². The zero-order valence-electron chi connectivity index (χ0n) is 10.9. The molecule has 3 heteroatoms. The Labute approximate surface area is 105 Å². The molecule has 3 N–H and O–H groups in total. The van der Waals surface area contributed by atoms with Crippen molar-refractivity contribution in [2.45, 2.75) is 69.4 Å². The van der Waals surface area contributed by atoms with Crippen molar-refractivity contribution < 1.29 is 9.84 Å². The Hall–Kier alpha value is -0.120. The van der Waals surface area contributed by atoms with E-state index in [-0.39, 0.29) is 6.04 Å². The van der Waals surface area contributed by atoms with Gasteiger partial charge in [-0.3, -0.25) is 0 Å². The first kappa shape index (κ1) is 13.3. The SMILES string of the molecule is NC(CC1CCOC1)C1(O)CCCCCCC1. The Morgan fingerprint density at radius 1 is 1.18 bits per heavy atom. The maximum Gasteiger partial charge on any atom is 0.0798 e. The summed E-state index contributed by atoms with van der Waals surface area (Å²) in [5.74, 6) is 0.569.